The first-order valence-corrected chi connectivity index (χ1v) is 6.63. The maximum atomic E-state index is 11.6. The van der Waals surface area contributed by atoms with Gasteiger partial charge in [0.05, 0.1) is 18.1 Å². The van der Waals surface area contributed by atoms with Crippen molar-refractivity contribution < 1.29 is 14.3 Å². The van der Waals surface area contributed by atoms with Crippen LogP contribution in [0.2, 0.25) is 0 Å². The quantitative estimate of drug-likeness (QED) is 0.859. The molecule has 0 heterocycles. The molecule has 0 unspecified atom stereocenters. The second-order valence-corrected chi connectivity index (χ2v) is 5.17. The van der Waals surface area contributed by atoms with E-state index in [9.17, 15) is 9.59 Å². The van der Waals surface area contributed by atoms with Gasteiger partial charge in [0.2, 0.25) is 5.91 Å². The summed E-state index contributed by atoms with van der Waals surface area (Å²) in [6, 6.07) is 7.10. The van der Waals surface area contributed by atoms with Crippen molar-refractivity contribution in [3.05, 3.63) is 24.3 Å². The lowest BCUT2D eigenvalue weighted by Crippen LogP contribution is -2.18. The Hall–Kier alpha value is -1.49. The minimum Gasteiger partial charge on any atom is -0.497 e. The molecule has 4 nitrogen and oxygen atoms in total. The fourth-order valence-electron chi connectivity index (χ4n) is 1.19. The Balaban J connectivity index is 2.42. The fraction of sp³-hybridized carbons (Fsp3) is 0.385. The Morgan fingerprint density at radius 2 is 1.94 bits per heavy atom. The van der Waals surface area contributed by atoms with Crippen molar-refractivity contribution in [1.29, 1.82) is 0 Å². The topological polar surface area (TPSA) is 55.4 Å². The number of rotatable bonds is 6. The van der Waals surface area contributed by atoms with E-state index in [0.29, 0.717) is 0 Å². The van der Waals surface area contributed by atoms with Crippen LogP contribution in [0.4, 0.5) is 5.69 Å². The first kappa shape index (κ1) is 14.6. The molecule has 0 radical (unpaired) electrons. The van der Waals surface area contributed by atoms with E-state index in [1.807, 2.05) is 0 Å². The zero-order chi connectivity index (χ0) is 13.5. The molecule has 1 aromatic rings. The highest BCUT2D eigenvalue weighted by Crippen LogP contribution is 2.16. The molecule has 5 heteroatoms. The number of methoxy groups -OCH3 is 1. The van der Waals surface area contributed by atoms with E-state index >= 15 is 0 Å². The largest absolute Gasteiger partial charge is 0.497 e. The van der Waals surface area contributed by atoms with E-state index in [1.165, 1.54) is 18.7 Å². The van der Waals surface area contributed by atoms with E-state index in [1.54, 1.807) is 38.3 Å². The zero-order valence-corrected chi connectivity index (χ0v) is 11.5. The van der Waals surface area contributed by atoms with Gasteiger partial charge in [-0.1, -0.05) is 0 Å². The Kier molecular flexibility index (Phi) is 5.71. The van der Waals surface area contributed by atoms with Gasteiger partial charge >= 0.3 is 0 Å². The van der Waals surface area contributed by atoms with E-state index < -0.39 is 0 Å². The summed E-state index contributed by atoms with van der Waals surface area (Å²) in [6.07, 6.45) is 0. The van der Waals surface area contributed by atoms with Gasteiger partial charge in [0, 0.05) is 5.69 Å². The van der Waals surface area contributed by atoms with Gasteiger partial charge in [-0.2, -0.15) is 0 Å². The summed E-state index contributed by atoms with van der Waals surface area (Å²) in [5.41, 5.74) is 0.719. The van der Waals surface area contributed by atoms with Crippen LogP contribution in [0.5, 0.6) is 5.75 Å². The average molecular weight is 267 g/mol. The molecule has 98 valence electrons. The van der Waals surface area contributed by atoms with E-state index in [-0.39, 0.29) is 22.7 Å². The van der Waals surface area contributed by atoms with Gasteiger partial charge in [-0.15, -0.1) is 11.8 Å². The number of thioether (sulfide) groups is 1. The predicted octanol–water partition coefficient (Wildman–Crippen LogP) is 2.34. The highest BCUT2D eigenvalue weighted by Gasteiger charge is 2.10. The molecule has 0 saturated heterocycles. The summed E-state index contributed by atoms with van der Waals surface area (Å²) >= 11 is 1.33. The van der Waals surface area contributed by atoms with Crippen LogP contribution in [0.3, 0.4) is 0 Å². The number of hydrogen-bond donors (Lipinski definition) is 1. The summed E-state index contributed by atoms with van der Waals surface area (Å²) in [5, 5.41) is 2.61. The standard InChI is InChI=1S/C13H17NO3S/c1-9(15)10(2)18-8-13(16)14-11-4-6-12(17-3)7-5-11/h4-7,10H,8H2,1-3H3,(H,14,16)/t10-/m1/s1. The summed E-state index contributed by atoms with van der Waals surface area (Å²) < 4.78 is 5.03. The molecule has 0 aliphatic carbocycles. The first-order chi connectivity index (χ1) is 8.52. The second-order valence-electron chi connectivity index (χ2n) is 3.84. The molecule has 1 N–H and O–H groups in total. The number of carbonyl (C=O) groups excluding carboxylic acids is 2. The molecule has 1 atom stereocenters. The van der Waals surface area contributed by atoms with Crippen molar-refractivity contribution in [3.63, 3.8) is 0 Å². The minimum absolute atomic E-state index is 0.0808. The van der Waals surface area contributed by atoms with Crippen molar-refractivity contribution in [2.75, 3.05) is 18.2 Å². The monoisotopic (exact) mass is 267 g/mol. The molecule has 1 amide bonds. The highest BCUT2D eigenvalue weighted by molar-refractivity contribution is 8.01. The number of amides is 1. The van der Waals surface area contributed by atoms with Crippen LogP contribution in [0.15, 0.2) is 24.3 Å². The van der Waals surface area contributed by atoms with E-state index in [0.717, 1.165) is 11.4 Å². The summed E-state index contributed by atoms with van der Waals surface area (Å²) in [4.78, 5) is 22.6. The van der Waals surface area contributed by atoms with Gasteiger partial charge in [0.1, 0.15) is 11.5 Å². The van der Waals surface area contributed by atoms with Crippen LogP contribution in [0, 0.1) is 0 Å². The number of nitrogens with one attached hydrogen (secondary N) is 1. The predicted molar refractivity (Wildman–Crippen MR) is 74.2 cm³/mol. The molecule has 0 fully saturated rings. The smallest absolute Gasteiger partial charge is 0.234 e. The van der Waals surface area contributed by atoms with E-state index in [2.05, 4.69) is 5.32 Å². The number of Topliss-reactive ketones (excluding diaryl/α,β-unsaturated/α-hetero) is 1. The Bertz CT molecular complexity index is 417. The molecule has 0 saturated carbocycles. The van der Waals surface area contributed by atoms with Crippen LogP contribution in [-0.4, -0.2) is 29.8 Å². The maximum absolute atomic E-state index is 11.6. The first-order valence-electron chi connectivity index (χ1n) is 5.59. The lowest BCUT2D eigenvalue weighted by Gasteiger charge is -2.08. The molecule has 0 aliphatic rings. The van der Waals surface area contributed by atoms with Crippen molar-refractivity contribution in [2.24, 2.45) is 0 Å². The highest BCUT2D eigenvalue weighted by atomic mass is 32.2. The van der Waals surface area contributed by atoms with Crippen LogP contribution in [-0.2, 0) is 9.59 Å². The van der Waals surface area contributed by atoms with Crippen molar-refractivity contribution >= 4 is 29.1 Å². The lowest BCUT2D eigenvalue weighted by molar-refractivity contribution is -0.116. The SMILES string of the molecule is COc1ccc(NC(=O)CS[C@H](C)C(C)=O)cc1. The molecule has 0 bridgehead atoms. The van der Waals surface area contributed by atoms with Crippen LogP contribution < -0.4 is 10.1 Å². The summed E-state index contributed by atoms with van der Waals surface area (Å²) in [6.45, 7) is 3.33. The zero-order valence-electron chi connectivity index (χ0n) is 10.7. The van der Waals surface area contributed by atoms with Gasteiger partial charge in [-0.25, -0.2) is 0 Å². The summed E-state index contributed by atoms with van der Waals surface area (Å²) in [5.74, 6) is 0.982. The molecule has 1 rings (SSSR count). The number of carbonyl (C=O) groups is 2. The van der Waals surface area contributed by atoms with Gasteiger partial charge < -0.3 is 10.1 Å². The summed E-state index contributed by atoms with van der Waals surface area (Å²) in [7, 11) is 1.59. The molecule has 18 heavy (non-hydrogen) atoms. The molecular weight excluding hydrogens is 250 g/mol. The normalized spacial score (nSPS) is 11.7. The number of benzene rings is 1. The molecule has 0 aromatic heterocycles. The third kappa shape index (κ3) is 4.79. The Labute approximate surface area is 111 Å². The second kappa shape index (κ2) is 7.06. The lowest BCUT2D eigenvalue weighted by atomic mass is 10.3. The van der Waals surface area contributed by atoms with Crippen molar-refractivity contribution in [1.82, 2.24) is 0 Å². The van der Waals surface area contributed by atoms with Gasteiger partial charge in [-0.3, -0.25) is 9.59 Å². The Morgan fingerprint density at radius 1 is 1.33 bits per heavy atom. The van der Waals surface area contributed by atoms with Crippen LogP contribution in [0.1, 0.15) is 13.8 Å². The fourth-order valence-corrected chi connectivity index (χ4v) is 1.90. The van der Waals surface area contributed by atoms with E-state index in [4.69, 9.17) is 4.74 Å². The third-order valence-electron chi connectivity index (χ3n) is 2.41. The van der Waals surface area contributed by atoms with Crippen LogP contribution in [0.25, 0.3) is 0 Å². The number of hydrogen-bond acceptors (Lipinski definition) is 4. The maximum Gasteiger partial charge on any atom is 0.234 e. The Morgan fingerprint density at radius 3 is 2.44 bits per heavy atom. The molecular formula is C13H17NO3S. The molecule has 0 aliphatic heterocycles. The van der Waals surface area contributed by atoms with Crippen molar-refractivity contribution in [3.8, 4) is 5.75 Å². The number of ether oxygens (including phenoxy) is 1. The average Bonchev–Trinajstić information content (AvgIpc) is 2.36. The van der Waals surface area contributed by atoms with Crippen LogP contribution >= 0.6 is 11.8 Å². The third-order valence-corrected chi connectivity index (χ3v) is 3.67. The number of anilines is 1. The van der Waals surface area contributed by atoms with Gasteiger partial charge in [0.15, 0.2) is 0 Å². The molecule has 0 spiro atoms. The van der Waals surface area contributed by atoms with Gasteiger partial charge in [0.25, 0.3) is 0 Å². The van der Waals surface area contributed by atoms with Crippen molar-refractivity contribution in [2.45, 2.75) is 19.1 Å². The minimum atomic E-state index is -0.147. The van der Waals surface area contributed by atoms with Gasteiger partial charge in [-0.05, 0) is 38.1 Å². The number of ketones is 1. The molecule has 1 aromatic carbocycles.